The number of nitro groups is 1. The Labute approximate surface area is 123 Å². The van der Waals surface area contributed by atoms with Gasteiger partial charge >= 0.3 is 5.69 Å². The minimum atomic E-state index is -0.832. The molecule has 0 aliphatic carbocycles. The van der Waals surface area contributed by atoms with E-state index in [9.17, 15) is 19.3 Å². The second kappa shape index (κ2) is 7.68. The van der Waals surface area contributed by atoms with E-state index in [2.05, 4.69) is 0 Å². The average molecular weight is 297 g/mol. The van der Waals surface area contributed by atoms with Gasteiger partial charge in [-0.1, -0.05) is 19.1 Å². The van der Waals surface area contributed by atoms with Crippen LogP contribution in [0.15, 0.2) is 18.2 Å². The molecule has 6 nitrogen and oxygen atoms in total. The highest BCUT2D eigenvalue weighted by atomic mass is 19.1. The van der Waals surface area contributed by atoms with E-state index in [1.165, 1.54) is 17.0 Å². The van der Waals surface area contributed by atoms with Crippen molar-refractivity contribution in [3.8, 4) is 0 Å². The van der Waals surface area contributed by atoms with E-state index in [0.29, 0.717) is 6.54 Å². The first-order chi connectivity index (χ1) is 9.86. The van der Waals surface area contributed by atoms with E-state index < -0.39 is 16.4 Å². The molecule has 0 fully saturated rings. The van der Waals surface area contributed by atoms with Crippen molar-refractivity contribution in [1.82, 2.24) is 9.80 Å². The Balaban J connectivity index is 2.91. The molecule has 1 aromatic rings. The summed E-state index contributed by atoms with van der Waals surface area (Å²) in [6, 6.07) is 4.09. The Kier molecular flexibility index (Phi) is 6.23. The molecule has 1 amide bonds. The number of nitrogens with zero attached hydrogens (tertiary/aromatic N) is 3. The normalized spacial score (nSPS) is 10.7. The van der Waals surface area contributed by atoms with Gasteiger partial charge in [0, 0.05) is 32.3 Å². The van der Waals surface area contributed by atoms with Crippen LogP contribution in [-0.2, 0) is 11.3 Å². The van der Waals surface area contributed by atoms with Crippen LogP contribution >= 0.6 is 0 Å². The van der Waals surface area contributed by atoms with Gasteiger partial charge in [-0.05, 0) is 13.0 Å². The largest absolute Gasteiger partial charge is 0.348 e. The molecule has 0 atom stereocenters. The third kappa shape index (κ3) is 4.78. The van der Waals surface area contributed by atoms with Crippen LogP contribution in [0.25, 0.3) is 0 Å². The lowest BCUT2D eigenvalue weighted by Crippen LogP contribution is -2.36. The number of carbonyl (C=O) groups is 1. The molecule has 7 heteroatoms. The molecular formula is C14H20FN3O3. The molecule has 0 saturated carbocycles. The first-order valence-corrected chi connectivity index (χ1v) is 6.71. The van der Waals surface area contributed by atoms with Crippen molar-refractivity contribution in [2.75, 3.05) is 27.2 Å². The predicted octanol–water partition coefficient (Wildman–Crippen LogP) is 2.03. The van der Waals surface area contributed by atoms with Crippen LogP contribution in [-0.4, -0.2) is 47.8 Å². The minimum absolute atomic E-state index is 0.0886. The van der Waals surface area contributed by atoms with Crippen LogP contribution in [0, 0.1) is 15.9 Å². The Morgan fingerprint density at radius 2 is 2.05 bits per heavy atom. The van der Waals surface area contributed by atoms with Gasteiger partial charge < -0.3 is 4.90 Å². The Morgan fingerprint density at radius 3 is 2.57 bits per heavy atom. The van der Waals surface area contributed by atoms with Gasteiger partial charge in [0.15, 0.2) is 0 Å². The standard InChI is InChI=1S/C14H20FN3O3/c1-4-8-17(10-13(19)16(2)3)9-11-6-5-7-12(14(11)15)18(20)21/h5-7H,4,8-10H2,1-3H3. The Hall–Kier alpha value is -2.02. The highest BCUT2D eigenvalue weighted by Gasteiger charge is 2.20. The Bertz CT molecular complexity index is 520. The third-order valence-corrected chi connectivity index (χ3v) is 3.05. The molecule has 0 spiro atoms. The highest BCUT2D eigenvalue weighted by Crippen LogP contribution is 2.21. The summed E-state index contributed by atoms with van der Waals surface area (Å²) in [5.74, 6) is -0.921. The number of rotatable bonds is 7. The highest BCUT2D eigenvalue weighted by molar-refractivity contribution is 5.77. The van der Waals surface area contributed by atoms with Crippen molar-refractivity contribution >= 4 is 11.6 Å². The first kappa shape index (κ1) is 17.0. The molecule has 0 radical (unpaired) electrons. The number of amides is 1. The van der Waals surface area contributed by atoms with E-state index in [1.807, 2.05) is 6.92 Å². The van der Waals surface area contributed by atoms with Gasteiger partial charge in [-0.15, -0.1) is 0 Å². The first-order valence-electron chi connectivity index (χ1n) is 6.71. The summed E-state index contributed by atoms with van der Waals surface area (Å²) in [6.45, 7) is 2.89. The van der Waals surface area contributed by atoms with E-state index in [0.717, 1.165) is 12.5 Å². The number of hydrogen-bond donors (Lipinski definition) is 0. The average Bonchev–Trinajstić information content (AvgIpc) is 2.40. The Morgan fingerprint density at radius 1 is 1.38 bits per heavy atom. The van der Waals surface area contributed by atoms with Crippen molar-refractivity contribution in [2.24, 2.45) is 0 Å². The summed E-state index contributed by atoms with van der Waals surface area (Å²) in [6.07, 6.45) is 0.803. The van der Waals surface area contributed by atoms with Gasteiger partial charge in [0.2, 0.25) is 11.7 Å². The van der Waals surface area contributed by atoms with Crippen molar-refractivity contribution in [3.05, 3.63) is 39.7 Å². The molecule has 116 valence electrons. The van der Waals surface area contributed by atoms with Gasteiger partial charge in [-0.2, -0.15) is 4.39 Å². The second-order valence-corrected chi connectivity index (χ2v) is 5.01. The number of halogens is 1. The maximum absolute atomic E-state index is 14.1. The lowest BCUT2D eigenvalue weighted by atomic mass is 10.1. The molecule has 0 saturated heterocycles. The van der Waals surface area contributed by atoms with Crippen LogP contribution in [0.3, 0.4) is 0 Å². The summed E-state index contributed by atoms with van der Waals surface area (Å²) >= 11 is 0. The fourth-order valence-electron chi connectivity index (χ4n) is 1.93. The van der Waals surface area contributed by atoms with Crippen molar-refractivity contribution in [2.45, 2.75) is 19.9 Å². The fourth-order valence-corrected chi connectivity index (χ4v) is 1.93. The second-order valence-electron chi connectivity index (χ2n) is 5.01. The van der Waals surface area contributed by atoms with Crippen LogP contribution < -0.4 is 0 Å². The molecule has 21 heavy (non-hydrogen) atoms. The zero-order valence-electron chi connectivity index (χ0n) is 12.5. The van der Waals surface area contributed by atoms with Gasteiger partial charge in [-0.3, -0.25) is 19.8 Å². The molecule has 0 heterocycles. The number of hydrogen-bond acceptors (Lipinski definition) is 4. The van der Waals surface area contributed by atoms with Crippen LogP contribution in [0.4, 0.5) is 10.1 Å². The topological polar surface area (TPSA) is 66.7 Å². The molecule has 1 aromatic carbocycles. The monoisotopic (exact) mass is 297 g/mol. The molecule has 0 aliphatic rings. The summed E-state index contributed by atoms with van der Waals surface area (Å²) in [5, 5.41) is 10.7. The van der Waals surface area contributed by atoms with E-state index in [4.69, 9.17) is 0 Å². The zero-order chi connectivity index (χ0) is 16.0. The van der Waals surface area contributed by atoms with Gasteiger partial charge in [0.05, 0.1) is 11.5 Å². The maximum atomic E-state index is 14.1. The minimum Gasteiger partial charge on any atom is -0.348 e. The van der Waals surface area contributed by atoms with Crippen LogP contribution in [0.2, 0.25) is 0 Å². The number of benzene rings is 1. The lowest BCUT2D eigenvalue weighted by Gasteiger charge is -2.23. The maximum Gasteiger partial charge on any atom is 0.305 e. The van der Waals surface area contributed by atoms with Crippen LogP contribution in [0.1, 0.15) is 18.9 Å². The van der Waals surface area contributed by atoms with Crippen molar-refractivity contribution in [3.63, 3.8) is 0 Å². The summed E-state index contributed by atoms with van der Waals surface area (Å²) in [4.78, 5) is 25.0. The number of carbonyl (C=O) groups excluding carboxylic acids is 1. The summed E-state index contributed by atoms with van der Waals surface area (Å²) in [7, 11) is 3.31. The fraction of sp³-hybridized carbons (Fsp3) is 0.500. The number of likely N-dealkylation sites (N-methyl/N-ethyl adjacent to an activating group) is 1. The van der Waals surface area contributed by atoms with Crippen molar-refractivity contribution < 1.29 is 14.1 Å². The van der Waals surface area contributed by atoms with E-state index in [1.54, 1.807) is 19.0 Å². The summed E-state index contributed by atoms with van der Waals surface area (Å²) in [5.41, 5.74) is -0.313. The smallest absolute Gasteiger partial charge is 0.305 e. The van der Waals surface area contributed by atoms with E-state index in [-0.39, 0.29) is 24.6 Å². The molecular weight excluding hydrogens is 277 g/mol. The molecule has 0 bridgehead atoms. The van der Waals surface area contributed by atoms with Crippen LogP contribution in [0.5, 0.6) is 0 Å². The SMILES string of the molecule is CCCN(CC(=O)N(C)C)Cc1cccc([N+](=O)[O-])c1F. The van der Waals surface area contributed by atoms with Gasteiger partial charge in [0.25, 0.3) is 0 Å². The zero-order valence-corrected chi connectivity index (χ0v) is 12.5. The number of nitro benzene ring substituents is 1. The third-order valence-electron chi connectivity index (χ3n) is 3.05. The molecule has 0 unspecified atom stereocenters. The van der Waals surface area contributed by atoms with Gasteiger partial charge in [0.1, 0.15) is 0 Å². The predicted molar refractivity (Wildman–Crippen MR) is 77.3 cm³/mol. The lowest BCUT2D eigenvalue weighted by molar-refractivity contribution is -0.387. The molecule has 0 aliphatic heterocycles. The van der Waals surface area contributed by atoms with Crippen molar-refractivity contribution in [1.29, 1.82) is 0 Å². The quantitative estimate of drug-likeness (QED) is 0.570. The van der Waals surface area contributed by atoms with Gasteiger partial charge in [-0.25, -0.2) is 0 Å². The van der Waals surface area contributed by atoms with E-state index >= 15 is 0 Å². The molecule has 0 N–H and O–H groups in total. The molecule has 0 aromatic heterocycles. The molecule has 1 rings (SSSR count). The summed E-state index contributed by atoms with van der Waals surface area (Å²) < 4.78 is 14.1.